The van der Waals surface area contributed by atoms with Gasteiger partial charge < -0.3 is 4.74 Å². The molecule has 18 heavy (non-hydrogen) atoms. The van der Waals surface area contributed by atoms with E-state index in [0.29, 0.717) is 12.0 Å². The summed E-state index contributed by atoms with van der Waals surface area (Å²) in [4.78, 5) is 5.41. The molecule has 0 aromatic rings. The lowest BCUT2D eigenvalue weighted by molar-refractivity contribution is 0.0408. The van der Waals surface area contributed by atoms with Crippen LogP contribution in [0.5, 0.6) is 0 Å². The first-order valence-corrected chi connectivity index (χ1v) is 7.78. The third kappa shape index (κ3) is 3.46. The number of rotatable bonds is 5. The van der Waals surface area contributed by atoms with Crippen LogP contribution in [0, 0.1) is 5.92 Å². The van der Waals surface area contributed by atoms with Gasteiger partial charge in [0.2, 0.25) is 0 Å². The molecule has 0 aromatic heterocycles. The van der Waals surface area contributed by atoms with Crippen LogP contribution in [0.3, 0.4) is 0 Å². The van der Waals surface area contributed by atoms with E-state index in [1.807, 2.05) is 0 Å². The van der Waals surface area contributed by atoms with Crippen molar-refractivity contribution in [2.45, 2.75) is 52.1 Å². The van der Waals surface area contributed by atoms with Crippen LogP contribution in [0.4, 0.5) is 0 Å². The molecule has 2 aliphatic rings. The fourth-order valence-corrected chi connectivity index (χ4v) is 3.49. The molecular formula is C15H30N2O. The summed E-state index contributed by atoms with van der Waals surface area (Å²) in [5.74, 6) is 0.685. The Hall–Kier alpha value is -0.120. The van der Waals surface area contributed by atoms with Crippen LogP contribution in [-0.4, -0.2) is 61.3 Å². The first-order chi connectivity index (χ1) is 8.72. The zero-order chi connectivity index (χ0) is 13.0. The van der Waals surface area contributed by atoms with Gasteiger partial charge in [-0.1, -0.05) is 13.8 Å². The molecule has 2 rings (SSSR count). The standard InChI is InChI=1S/C15H30N2O/c1-4-18-12-15(13(2)3)17-10-6-9-16-8-5-7-14(16)11-17/h13-15H,4-12H2,1-3H3. The highest BCUT2D eigenvalue weighted by Crippen LogP contribution is 2.24. The molecule has 106 valence electrons. The van der Waals surface area contributed by atoms with Gasteiger partial charge in [0.1, 0.15) is 0 Å². The van der Waals surface area contributed by atoms with E-state index < -0.39 is 0 Å². The molecule has 3 nitrogen and oxygen atoms in total. The van der Waals surface area contributed by atoms with Crippen molar-refractivity contribution >= 4 is 0 Å². The molecule has 0 N–H and O–H groups in total. The SMILES string of the molecule is CCOCC(C(C)C)N1CCCN2CCCC2C1. The van der Waals surface area contributed by atoms with Gasteiger partial charge in [-0.05, 0) is 51.7 Å². The van der Waals surface area contributed by atoms with Gasteiger partial charge in [-0.25, -0.2) is 0 Å². The van der Waals surface area contributed by atoms with Crippen LogP contribution >= 0.6 is 0 Å². The summed E-state index contributed by atoms with van der Waals surface area (Å²) in [6.45, 7) is 13.7. The average Bonchev–Trinajstić information content (AvgIpc) is 2.68. The summed E-state index contributed by atoms with van der Waals surface area (Å²) in [7, 11) is 0. The van der Waals surface area contributed by atoms with E-state index in [0.717, 1.165) is 19.3 Å². The molecule has 0 radical (unpaired) electrons. The molecular weight excluding hydrogens is 224 g/mol. The number of hydrogen-bond acceptors (Lipinski definition) is 3. The lowest BCUT2D eigenvalue weighted by atomic mass is 10.0. The second-order valence-corrected chi connectivity index (χ2v) is 6.15. The van der Waals surface area contributed by atoms with Crippen molar-refractivity contribution in [1.82, 2.24) is 9.80 Å². The minimum atomic E-state index is 0.602. The fourth-order valence-electron chi connectivity index (χ4n) is 3.49. The number of ether oxygens (including phenoxy) is 1. The van der Waals surface area contributed by atoms with Gasteiger partial charge in [-0.15, -0.1) is 0 Å². The van der Waals surface area contributed by atoms with Crippen molar-refractivity contribution < 1.29 is 4.74 Å². The number of nitrogens with zero attached hydrogens (tertiary/aromatic N) is 2. The third-order valence-corrected chi connectivity index (χ3v) is 4.57. The third-order valence-electron chi connectivity index (χ3n) is 4.57. The van der Waals surface area contributed by atoms with E-state index in [1.54, 1.807) is 0 Å². The van der Waals surface area contributed by atoms with E-state index in [1.165, 1.54) is 45.4 Å². The van der Waals surface area contributed by atoms with Crippen LogP contribution in [0.2, 0.25) is 0 Å². The minimum Gasteiger partial charge on any atom is -0.380 e. The van der Waals surface area contributed by atoms with Crippen molar-refractivity contribution in [2.24, 2.45) is 5.92 Å². The van der Waals surface area contributed by atoms with Crippen molar-refractivity contribution in [3.05, 3.63) is 0 Å². The van der Waals surface area contributed by atoms with E-state index in [4.69, 9.17) is 4.74 Å². The van der Waals surface area contributed by atoms with E-state index in [9.17, 15) is 0 Å². The maximum atomic E-state index is 5.71. The largest absolute Gasteiger partial charge is 0.380 e. The highest BCUT2D eigenvalue weighted by molar-refractivity contribution is 4.88. The van der Waals surface area contributed by atoms with Crippen molar-refractivity contribution in [3.63, 3.8) is 0 Å². The molecule has 0 bridgehead atoms. The van der Waals surface area contributed by atoms with Crippen LogP contribution < -0.4 is 0 Å². The minimum absolute atomic E-state index is 0.602. The Balaban J connectivity index is 1.95. The molecule has 0 aliphatic carbocycles. The van der Waals surface area contributed by atoms with E-state index in [2.05, 4.69) is 30.6 Å². The van der Waals surface area contributed by atoms with Crippen LogP contribution in [0.25, 0.3) is 0 Å². The second-order valence-electron chi connectivity index (χ2n) is 6.15. The summed E-state index contributed by atoms with van der Waals surface area (Å²) in [5.41, 5.74) is 0. The molecule has 2 aliphatic heterocycles. The monoisotopic (exact) mass is 254 g/mol. The fraction of sp³-hybridized carbons (Fsp3) is 1.00. The van der Waals surface area contributed by atoms with Crippen molar-refractivity contribution in [3.8, 4) is 0 Å². The molecule has 2 fully saturated rings. The quantitative estimate of drug-likeness (QED) is 0.748. The zero-order valence-electron chi connectivity index (χ0n) is 12.4. The predicted molar refractivity (Wildman–Crippen MR) is 75.9 cm³/mol. The van der Waals surface area contributed by atoms with Crippen molar-refractivity contribution in [1.29, 1.82) is 0 Å². The molecule has 2 unspecified atom stereocenters. The molecule has 2 saturated heterocycles. The highest BCUT2D eigenvalue weighted by Gasteiger charge is 2.32. The Kier molecular flexibility index (Phi) is 5.46. The lowest BCUT2D eigenvalue weighted by Crippen LogP contribution is -2.46. The van der Waals surface area contributed by atoms with Gasteiger partial charge >= 0.3 is 0 Å². The van der Waals surface area contributed by atoms with Gasteiger partial charge in [-0.3, -0.25) is 9.80 Å². The Morgan fingerprint density at radius 2 is 1.94 bits per heavy atom. The molecule has 0 saturated carbocycles. The van der Waals surface area contributed by atoms with Gasteiger partial charge in [0, 0.05) is 25.2 Å². The maximum absolute atomic E-state index is 5.71. The number of fused-ring (bicyclic) bond motifs is 1. The normalized spacial score (nSPS) is 28.3. The summed E-state index contributed by atoms with van der Waals surface area (Å²) in [6.07, 6.45) is 4.12. The summed E-state index contributed by atoms with van der Waals surface area (Å²) in [5, 5.41) is 0. The first kappa shape index (κ1) is 14.3. The predicted octanol–water partition coefficient (Wildman–Crippen LogP) is 2.22. The molecule has 3 heteroatoms. The number of hydrogen-bond donors (Lipinski definition) is 0. The first-order valence-electron chi connectivity index (χ1n) is 7.78. The zero-order valence-corrected chi connectivity index (χ0v) is 12.4. The van der Waals surface area contributed by atoms with E-state index in [-0.39, 0.29) is 0 Å². The Bertz CT molecular complexity index is 245. The average molecular weight is 254 g/mol. The van der Waals surface area contributed by atoms with Gasteiger partial charge in [0.25, 0.3) is 0 Å². The van der Waals surface area contributed by atoms with Gasteiger partial charge in [0.15, 0.2) is 0 Å². The summed E-state index contributed by atoms with van der Waals surface area (Å²) < 4.78 is 5.71. The molecule has 2 heterocycles. The van der Waals surface area contributed by atoms with Crippen LogP contribution in [-0.2, 0) is 4.74 Å². The van der Waals surface area contributed by atoms with Gasteiger partial charge in [0.05, 0.1) is 6.61 Å². The summed E-state index contributed by atoms with van der Waals surface area (Å²) >= 11 is 0. The lowest BCUT2D eigenvalue weighted by Gasteiger charge is -2.35. The smallest absolute Gasteiger partial charge is 0.0624 e. The van der Waals surface area contributed by atoms with Crippen molar-refractivity contribution in [2.75, 3.05) is 39.4 Å². The molecule has 0 aromatic carbocycles. The molecule has 0 spiro atoms. The van der Waals surface area contributed by atoms with Crippen LogP contribution in [0.1, 0.15) is 40.0 Å². The highest BCUT2D eigenvalue weighted by atomic mass is 16.5. The maximum Gasteiger partial charge on any atom is 0.0624 e. The Labute approximate surface area is 112 Å². The Morgan fingerprint density at radius 1 is 1.17 bits per heavy atom. The van der Waals surface area contributed by atoms with E-state index >= 15 is 0 Å². The second kappa shape index (κ2) is 6.88. The molecule has 2 atom stereocenters. The summed E-state index contributed by atoms with van der Waals surface area (Å²) in [6, 6.07) is 1.42. The topological polar surface area (TPSA) is 15.7 Å². The Morgan fingerprint density at radius 3 is 2.67 bits per heavy atom. The molecule has 0 amide bonds. The van der Waals surface area contributed by atoms with Crippen LogP contribution in [0.15, 0.2) is 0 Å². The van der Waals surface area contributed by atoms with Gasteiger partial charge in [-0.2, -0.15) is 0 Å².